The molecule has 0 saturated heterocycles. The fraction of sp³-hybridized carbons (Fsp3) is 0.591. The second-order valence-electron chi connectivity index (χ2n) is 8.16. The molecule has 1 aromatic carbocycles. The van der Waals surface area contributed by atoms with Crippen LogP contribution in [0.1, 0.15) is 39.5 Å². The van der Waals surface area contributed by atoms with Crippen molar-refractivity contribution in [3.63, 3.8) is 0 Å². The van der Waals surface area contributed by atoms with Crippen LogP contribution in [-0.4, -0.2) is 56.7 Å². The highest BCUT2D eigenvalue weighted by molar-refractivity contribution is 7.89. The summed E-state index contributed by atoms with van der Waals surface area (Å²) in [5.74, 6) is 3.14. The van der Waals surface area contributed by atoms with Gasteiger partial charge in [0.05, 0.1) is 12.0 Å². The van der Waals surface area contributed by atoms with Crippen LogP contribution in [0.2, 0.25) is 0 Å². The molecule has 33 heavy (non-hydrogen) atoms. The van der Waals surface area contributed by atoms with Crippen LogP contribution in [0.3, 0.4) is 0 Å². The van der Waals surface area contributed by atoms with E-state index in [1.807, 2.05) is 13.8 Å². The normalized spacial score (nSPS) is 18.5. The Hall–Kier alpha value is -2.66. The molecule has 1 fully saturated rings. The van der Waals surface area contributed by atoms with Gasteiger partial charge in [-0.3, -0.25) is 0 Å². The summed E-state index contributed by atoms with van der Waals surface area (Å²) in [6.45, 7) is 6.72. The van der Waals surface area contributed by atoms with Crippen molar-refractivity contribution in [1.29, 1.82) is 0 Å². The first-order valence-corrected chi connectivity index (χ1v) is 13.0. The number of aromatic nitrogens is 3. The molecule has 11 heteroatoms. The number of ether oxygens (including phenoxy) is 1. The number of hydrogen-bond acceptors (Lipinski definition) is 9. The number of nitrogens with zero attached hydrogens (tertiary/aromatic N) is 3. The third-order valence-electron chi connectivity index (χ3n) is 5.75. The van der Waals surface area contributed by atoms with Crippen LogP contribution < -0.4 is 25.4 Å². The summed E-state index contributed by atoms with van der Waals surface area (Å²) in [7, 11) is -1.96. The molecule has 0 amide bonds. The van der Waals surface area contributed by atoms with E-state index in [0.29, 0.717) is 42.0 Å². The molecule has 2 aromatic rings. The Kier molecular flexibility index (Phi) is 9.07. The second-order valence-corrected chi connectivity index (χ2v) is 9.93. The van der Waals surface area contributed by atoms with Crippen LogP contribution in [0.4, 0.5) is 17.8 Å². The summed E-state index contributed by atoms with van der Waals surface area (Å²) < 4.78 is 33.0. The van der Waals surface area contributed by atoms with Gasteiger partial charge in [0.25, 0.3) is 0 Å². The molecule has 1 heterocycles. The number of sulfonamides is 1. The molecule has 1 aliphatic rings. The van der Waals surface area contributed by atoms with Crippen molar-refractivity contribution in [2.45, 2.75) is 44.4 Å². The summed E-state index contributed by atoms with van der Waals surface area (Å²) in [6, 6.07) is 6.44. The van der Waals surface area contributed by atoms with E-state index in [-0.39, 0.29) is 4.90 Å². The third-order valence-corrected chi connectivity index (χ3v) is 7.19. The van der Waals surface area contributed by atoms with Gasteiger partial charge in [-0.25, -0.2) is 13.1 Å². The number of nitrogens with one attached hydrogen (secondary N) is 4. The van der Waals surface area contributed by atoms with Gasteiger partial charge < -0.3 is 20.7 Å². The van der Waals surface area contributed by atoms with Gasteiger partial charge in [-0.2, -0.15) is 15.0 Å². The lowest BCUT2D eigenvalue weighted by molar-refractivity contribution is 0.284. The molecule has 0 unspecified atom stereocenters. The van der Waals surface area contributed by atoms with Crippen molar-refractivity contribution in [3.05, 3.63) is 24.3 Å². The van der Waals surface area contributed by atoms with Crippen LogP contribution in [0.15, 0.2) is 29.2 Å². The number of rotatable bonds is 12. The van der Waals surface area contributed by atoms with Gasteiger partial charge in [0, 0.05) is 26.2 Å². The van der Waals surface area contributed by atoms with Crippen molar-refractivity contribution >= 4 is 27.9 Å². The topological polar surface area (TPSA) is 130 Å². The van der Waals surface area contributed by atoms with E-state index in [1.54, 1.807) is 31.4 Å². The molecule has 4 N–H and O–H groups in total. The van der Waals surface area contributed by atoms with Crippen LogP contribution in [0.25, 0.3) is 0 Å². The van der Waals surface area contributed by atoms with E-state index >= 15 is 0 Å². The average molecular weight is 478 g/mol. The zero-order valence-corrected chi connectivity index (χ0v) is 20.4. The Labute approximate surface area is 196 Å². The smallest absolute Gasteiger partial charge is 0.240 e. The molecule has 3 rings (SSSR count). The minimum atomic E-state index is -3.51. The maximum Gasteiger partial charge on any atom is 0.240 e. The highest BCUT2D eigenvalue weighted by Crippen LogP contribution is 2.29. The number of hydrogen-bond donors (Lipinski definition) is 4. The quantitative estimate of drug-likeness (QED) is 0.364. The third kappa shape index (κ3) is 7.43. The molecule has 0 aliphatic heterocycles. The fourth-order valence-corrected chi connectivity index (χ4v) is 4.99. The molecule has 182 valence electrons. The predicted molar refractivity (Wildman–Crippen MR) is 130 cm³/mol. The largest absolute Gasteiger partial charge is 0.497 e. The second kappa shape index (κ2) is 12.0. The van der Waals surface area contributed by atoms with Gasteiger partial charge in [-0.05, 0) is 75.6 Å². The summed E-state index contributed by atoms with van der Waals surface area (Å²) in [4.78, 5) is 13.5. The van der Waals surface area contributed by atoms with Crippen LogP contribution in [0.5, 0.6) is 5.75 Å². The van der Waals surface area contributed by atoms with Gasteiger partial charge in [-0.1, -0.05) is 0 Å². The molecule has 0 atom stereocenters. The van der Waals surface area contributed by atoms with E-state index in [4.69, 9.17) is 4.74 Å². The van der Waals surface area contributed by atoms with E-state index in [1.165, 1.54) is 0 Å². The Morgan fingerprint density at radius 2 is 1.30 bits per heavy atom. The van der Waals surface area contributed by atoms with Crippen LogP contribution in [0, 0.1) is 11.8 Å². The first kappa shape index (κ1) is 25.0. The molecule has 10 nitrogen and oxygen atoms in total. The van der Waals surface area contributed by atoms with Crippen molar-refractivity contribution in [2.75, 3.05) is 49.2 Å². The summed E-state index contributed by atoms with van der Waals surface area (Å²) in [6.07, 6.45) is 4.04. The number of anilines is 3. The molecular weight excluding hydrogens is 442 g/mol. The van der Waals surface area contributed by atoms with Crippen molar-refractivity contribution in [1.82, 2.24) is 19.7 Å². The Morgan fingerprint density at radius 1 is 0.818 bits per heavy atom. The first-order valence-electron chi connectivity index (χ1n) is 11.5. The van der Waals surface area contributed by atoms with E-state index in [0.717, 1.165) is 45.3 Å². The highest BCUT2D eigenvalue weighted by Gasteiger charge is 2.23. The molecule has 0 spiro atoms. The predicted octanol–water partition coefficient (Wildman–Crippen LogP) is 2.94. The minimum absolute atomic E-state index is 0.257. The molecule has 1 saturated carbocycles. The molecule has 1 aromatic heterocycles. The fourth-order valence-electron chi connectivity index (χ4n) is 3.87. The lowest BCUT2D eigenvalue weighted by Crippen LogP contribution is -2.32. The monoisotopic (exact) mass is 477 g/mol. The maximum atomic E-state index is 12.6. The Morgan fingerprint density at radius 3 is 1.79 bits per heavy atom. The van der Waals surface area contributed by atoms with E-state index < -0.39 is 10.0 Å². The zero-order chi connectivity index (χ0) is 23.7. The van der Waals surface area contributed by atoms with Crippen LogP contribution >= 0.6 is 0 Å². The first-order chi connectivity index (χ1) is 15.9. The van der Waals surface area contributed by atoms with Gasteiger partial charge in [0.2, 0.25) is 27.9 Å². The SMILES string of the molecule is CCNc1nc(NCC)nc(NCC2CCC(CNS(=O)(=O)c3ccc(OC)cc3)CC2)n1. The number of benzene rings is 1. The van der Waals surface area contributed by atoms with Gasteiger partial charge >= 0.3 is 0 Å². The minimum Gasteiger partial charge on any atom is -0.497 e. The van der Waals surface area contributed by atoms with Crippen LogP contribution in [-0.2, 0) is 10.0 Å². The number of methoxy groups -OCH3 is 1. The van der Waals surface area contributed by atoms with Gasteiger partial charge in [0.1, 0.15) is 5.75 Å². The lowest BCUT2D eigenvalue weighted by atomic mass is 9.82. The Balaban J connectivity index is 1.45. The van der Waals surface area contributed by atoms with Crippen molar-refractivity contribution < 1.29 is 13.2 Å². The van der Waals surface area contributed by atoms with E-state index in [2.05, 4.69) is 35.6 Å². The highest BCUT2D eigenvalue weighted by atomic mass is 32.2. The zero-order valence-electron chi connectivity index (χ0n) is 19.6. The standard InChI is InChI=1S/C22H35N7O3S/c1-4-23-20-27-21(24-5-2)29-22(28-20)25-14-16-6-8-17(9-7-16)15-26-33(30,31)19-12-10-18(32-3)11-13-19/h10-13,16-17,26H,4-9,14-15H2,1-3H3,(H3,23,24,25,27,28,29). The van der Waals surface area contributed by atoms with Gasteiger partial charge in [0.15, 0.2) is 0 Å². The molecule has 0 radical (unpaired) electrons. The Bertz CT molecular complexity index is 954. The molecule has 0 bridgehead atoms. The summed E-state index contributed by atoms with van der Waals surface area (Å²) in [5.41, 5.74) is 0. The lowest BCUT2D eigenvalue weighted by Gasteiger charge is -2.28. The molecular formula is C22H35N7O3S. The average Bonchev–Trinajstić information content (AvgIpc) is 2.82. The summed E-state index contributed by atoms with van der Waals surface area (Å²) >= 11 is 0. The maximum absolute atomic E-state index is 12.6. The van der Waals surface area contributed by atoms with Crippen molar-refractivity contribution in [3.8, 4) is 5.75 Å². The van der Waals surface area contributed by atoms with E-state index in [9.17, 15) is 8.42 Å². The summed E-state index contributed by atoms with van der Waals surface area (Å²) in [5, 5.41) is 9.61. The van der Waals surface area contributed by atoms with Gasteiger partial charge in [-0.15, -0.1) is 0 Å². The molecule has 1 aliphatic carbocycles. The van der Waals surface area contributed by atoms with Crippen molar-refractivity contribution in [2.24, 2.45) is 11.8 Å².